The predicted molar refractivity (Wildman–Crippen MR) is 39.9 cm³/mol. The first-order valence-electron chi connectivity index (χ1n) is 3.62. The minimum atomic E-state index is -2.07. The summed E-state index contributed by atoms with van der Waals surface area (Å²) in [7, 11) is 0. The van der Waals surface area contributed by atoms with Gasteiger partial charge in [0, 0.05) is 6.61 Å². The highest BCUT2D eigenvalue weighted by Gasteiger charge is 2.46. The molecule has 0 spiro atoms. The third-order valence-electron chi connectivity index (χ3n) is 1.58. The Kier molecular flexibility index (Phi) is 3.69. The summed E-state index contributed by atoms with van der Waals surface area (Å²) in [6.07, 6.45) is -0.0918. The molecule has 0 aliphatic carbocycles. The highest BCUT2D eigenvalue weighted by molar-refractivity contribution is 6.01. The molecule has 0 heterocycles. The number of hydrogen-bond donors (Lipinski definition) is 2. The van der Waals surface area contributed by atoms with Gasteiger partial charge in [-0.25, -0.2) is 9.59 Å². The van der Waals surface area contributed by atoms with E-state index in [4.69, 9.17) is 14.9 Å². The summed E-state index contributed by atoms with van der Waals surface area (Å²) in [5.74, 6) is -2.92. The number of aliphatic carboxylic acids is 2. The topological polar surface area (TPSA) is 83.8 Å². The lowest BCUT2D eigenvalue weighted by Gasteiger charge is -2.22. The number of carboxylic acid groups (broad SMARTS) is 2. The van der Waals surface area contributed by atoms with Crippen molar-refractivity contribution < 1.29 is 24.5 Å². The second kappa shape index (κ2) is 4.06. The van der Waals surface area contributed by atoms with Gasteiger partial charge >= 0.3 is 11.9 Å². The van der Waals surface area contributed by atoms with Crippen LogP contribution in [0.25, 0.3) is 0 Å². The first kappa shape index (κ1) is 10.9. The summed E-state index contributed by atoms with van der Waals surface area (Å²) in [5.41, 5.74) is -2.07. The van der Waals surface area contributed by atoms with Crippen molar-refractivity contribution in [2.75, 3.05) is 6.61 Å². The molecule has 0 unspecified atom stereocenters. The maximum Gasteiger partial charge on any atom is 0.347 e. The summed E-state index contributed by atoms with van der Waals surface area (Å²) < 4.78 is 4.70. The van der Waals surface area contributed by atoms with Crippen LogP contribution in [0.5, 0.6) is 0 Å². The molecule has 0 saturated carbocycles. The van der Waals surface area contributed by atoms with E-state index in [2.05, 4.69) is 0 Å². The van der Waals surface area contributed by atoms with Gasteiger partial charge in [-0.3, -0.25) is 0 Å². The van der Waals surface area contributed by atoms with Gasteiger partial charge in [-0.1, -0.05) is 6.92 Å². The average Bonchev–Trinajstić information content (AvgIpc) is 1.98. The van der Waals surface area contributed by atoms with Gasteiger partial charge in [-0.2, -0.15) is 0 Å². The van der Waals surface area contributed by atoms with E-state index in [0.29, 0.717) is 0 Å². The van der Waals surface area contributed by atoms with Crippen LogP contribution in [0.15, 0.2) is 0 Å². The fraction of sp³-hybridized carbons (Fsp3) is 0.714. The standard InChI is InChI=1S/C7H12O5/c1-3-7(5(8)9,6(10)11)12-4-2/h3-4H2,1-2H3,(H,8,9)(H,10,11). The average molecular weight is 176 g/mol. The summed E-state index contributed by atoms with van der Waals surface area (Å²) in [5, 5.41) is 17.2. The van der Waals surface area contributed by atoms with Crippen molar-refractivity contribution in [2.24, 2.45) is 0 Å². The van der Waals surface area contributed by atoms with E-state index in [1.807, 2.05) is 0 Å². The SMILES string of the molecule is CCOC(CC)(C(=O)O)C(=O)O. The second-order valence-electron chi connectivity index (χ2n) is 2.22. The molecule has 0 bridgehead atoms. The Hall–Kier alpha value is -1.10. The Labute approximate surface area is 70.0 Å². The van der Waals surface area contributed by atoms with Crippen molar-refractivity contribution in [3.8, 4) is 0 Å². The van der Waals surface area contributed by atoms with Crippen LogP contribution in [0.4, 0.5) is 0 Å². The van der Waals surface area contributed by atoms with Gasteiger partial charge < -0.3 is 14.9 Å². The van der Waals surface area contributed by atoms with Crippen molar-refractivity contribution >= 4 is 11.9 Å². The summed E-state index contributed by atoms with van der Waals surface area (Å²) >= 11 is 0. The molecule has 2 N–H and O–H groups in total. The van der Waals surface area contributed by atoms with Crippen LogP contribution in [0.3, 0.4) is 0 Å². The molecule has 70 valence electrons. The molecule has 5 heteroatoms. The molecule has 0 amide bonds. The smallest absolute Gasteiger partial charge is 0.347 e. The highest BCUT2D eigenvalue weighted by atomic mass is 16.5. The summed E-state index contributed by atoms with van der Waals surface area (Å²) in [4.78, 5) is 21.2. The zero-order valence-corrected chi connectivity index (χ0v) is 7.03. The quantitative estimate of drug-likeness (QED) is 0.590. The minimum absolute atomic E-state index is 0.0619. The van der Waals surface area contributed by atoms with Gasteiger partial charge in [0.1, 0.15) is 0 Å². The minimum Gasteiger partial charge on any atom is -0.479 e. The Balaban J connectivity index is 4.76. The molecule has 12 heavy (non-hydrogen) atoms. The Morgan fingerprint density at radius 3 is 1.75 bits per heavy atom. The molecular formula is C7H12O5. The summed E-state index contributed by atoms with van der Waals surface area (Å²) in [6.45, 7) is 3.07. The zero-order chi connectivity index (χ0) is 9.78. The van der Waals surface area contributed by atoms with Crippen molar-refractivity contribution in [1.82, 2.24) is 0 Å². The van der Waals surface area contributed by atoms with Crippen LogP contribution < -0.4 is 0 Å². The van der Waals surface area contributed by atoms with E-state index in [1.54, 1.807) is 6.92 Å². The monoisotopic (exact) mass is 176 g/mol. The normalized spacial score (nSPS) is 11.2. The van der Waals surface area contributed by atoms with Gasteiger partial charge in [-0.05, 0) is 13.3 Å². The maximum atomic E-state index is 10.6. The van der Waals surface area contributed by atoms with E-state index in [0.717, 1.165) is 0 Å². The van der Waals surface area contributed by atoms with Crippen LogP contribution in [0.1, 0.15) is 20.3 Å². The Morgan fingerprint density at radius 1 is 1.25 bits per heavy atom. The van der Waals surface area contributed by atoms with Gasteiger partial charge in [0.15, 0.2) is 0 Å². The van der Waals surface area contributed by atoms with Gasteiger partial charge in [0.25, 0.3) is 5.60 Å². The molecule has 0 aliphatic rings. The molecule has 0 aromatic rings. The lowest BCUT2D eigenvalue weighted by Crippen LogP contribution is -2.48. The fourth-order valence-electron chi connectivity index (χ4n) is 0.866. The van der Waals surface area contributed by atoms with E-state index in [1.165, 1.54) is 6.92 Å². The molecule has 0 saturated heterocycles. The first-order chi connectivity index (χ1) is 5.51. The molecule has 5 nitrogen and oxygen atoms in total. The molecule has 0 aromatic carbocycles. The Morgan fingerprint density at radius 2 is 1.67 bits per heavy atom. The molecule has 0 aliphatic heterocycles. The maximum absolute atomic E-state index is 10.6. The van der Waals surface area contributed by atoms with Crippen LogP contribution in [-0.2, 0) is 14.3 Å². The first-order valence-corrected chi connectivity index (χ1v) is 3.62. The van der Waals surface area contributed by atoms with Gasteiger partial charge in [0.2, 0.25) is 0 Å². The Bertz CT molecular complexity index is 172. The summed E-state index contributed by atoms with van der Waals surface area (Å²) in [6, 6.07) is 0. The lowest BCUT2D eigenvalue weighted by atomic mass is 10.0. The fourth-order valence-corrected chi connectivity index (χ4v) is 0.866. The molecule has 0 fully saturated rings. The number of rotatable bonds is 5. The largest absolute Gasteiger partial charge is 0.479 e. The van der Waals surface area contributed by atoms with Crippen LogP contribution >= 0.6 is 0 Å². The predicted octanol–water partition coefficient (Wildman–Crippen LogP) is 0.341. The second-order valence-corrected chi connectivity index (χ2v) is 2.22. The third-order valence-corrected chi connectivity index (χ3v) is 1.58. The number of carboxylic acids is 2. The third kappa shape index (κ3) is 1.73. The zero-order valence-electron chi connectivity index (χ0n) is 7.03. The van der Waals surface area contributed by atoms with Crippen molar-refractivity contribution in [3.63, 3.8) is 0 Å². The van der Waals surface area contributed by atoms with Gasteiger partial charge in [-0.15, -0.1) is 0 Å². The number of carbonyl (C=O) groups is 2. The molecular weight excluding hydrogens is 164 g/mol. The molecule has 0 atom stereocenters. The van der Waals surface area contributed by atoms with Crippen molar-refractivity contribution in [1.29, 1.82) is 0 Å². The van der Waals surface area contributed by atoms with Crippen LogP contribution in [0, 0.1) is 0 Å². The number of ether oxygens (including phenoxy) is 1. The van der Waals surface area contributed by atoms with Crippen molar-refractivity contribution in [2.45, 2.75) is 25.9 Å². The van der Waals surface area contributed by atoms with Crippen LogP contribution in [-0.4, -0.2) is 34.4 Å². The van der Waals surface area contributed by atoms with E-state index >= 15 is 0 Å². The van der Waals surface area contributed by atoms with E-state index < -0.39 is 17.5 Å². The molecule has 0 aromatic heterocycles. The number of hydrogen-bond acceptors (Lipinski definition) is 3. The lowest BCUT2D eigenvalue weighted by molar-refractivity contribution is -0.183. The molecule has 0 rings (SSSR count). The van der Waals surface area contributed by atoms with Crippen molar-refractivity contribution in [3.05, 3.63) is 0 Å². The van der Waals surface area contributed by atoms with Gasteiger partial charge in [0.05, 0.1) is 0 Å². The highest BCUT2D eigenvalue weighted by Crippen LogP contribution is 2.16. The van der Waals surface area contributed by atoms with E-state index in [9.17, 15) is 9.59 Å². The van der Waals surface area contributed by atoms with Crippen LogP contribution in [0.2, 0.25) is 0 Å². The molecule has 0 radical (unpaired) electrons. The van der Waals surface area contributed by atoms with E-state index in [-0.39, 0.29) is 13.0 Å².